The summed E-state index contributed by atoms with van der Waals surface area (Å²) in [4.78, 5) is 7.31. The average Bonchev–Trinajstić information content (AvgIpc) is 2.98. The maximum absolute atomic E-state index is 4.77. The lowest BCUT2D eigenvalue weighted by Gasteiger charge is -2.37. The molecule has 0 spiro atoms. The molecule has 3 rings (SSSR count). The quantitative estimate of drug-likeness (QED) is 0.907. The van der Waals surface area contributed by atoms with Gasteiger partial charge in [0.05, 0.1) is 5.69 Å². The van der Waals surface area contributed by atoms with Crippen LogP contribution in [0.2, 0.25) is 0 Å². The highest BCUT2D eigenvalue weighted by Crippen LogP contribution is 2.33. The van der Waals surface area contributed by atoms with E-state index in [1.54, 1.807) is 0 Å². The first-order valence-corrected chi connectivity index (χ1v) is 8.15. The maximum atomic E-state index is 4.77. The highest BCUT2D eigenvalue weighted by molar-refractivity contribution is 7.13. The van der Waals surface area contributed by atoms with Crippen LogP contribution in [0.3, 0.4) is 0 Å². The second-order valence-corrected chi connectivity index (χ2v) is 6.36. The van der Waals surface area contributed by atoms with Crippen molar-refractivity contribution in [3.8, 4) is 0 Å². The molecular weight excluding hydrogens is 242 g/mol. The lowest BCUT2D eigenvalue weighted by molar-refractivity contribution is 0.349. The molecular formula is C14H23N3S. The topological polar surface area (TPSA) is 28.2 Å². The summed E-state index contributed by atoms with van der Waals surface area (Å²) in [7, 11) is 0. The number of piperidine rings is 1. The molecule has 0 aromatic carbocycles. The molecule has 4 heteroatoms. The third-order valence-electron chi connectivity index (χ3n) is 4.38. The summed E-state index contributed by atoms with van der Waals surface area (Å²) in [5, 5.41) is 7.18. The molecule has 2 fully saturated rings. The van der Waals surface area contributed by atoms with Crippen molar-refractivity contribution < 1.29 is 0 Å². The molecule has 2 bridgehead atoms. The van der Waals surface area contributed by atoms with Gasteiger partial charge in [0.1, 0.15) is 0 Å². The van der Waals surface area contributed by atoms with Crippen LogP contribution in [0, 0.1) is 0 Å². The van der Waals surface area contributed by atoms with Gasteiger partial charge in [0, 0.05) is 30.1 Å². The Bertz CT molecular complexity index is 391. The second-order valence-electron chi connectivity index (χ2n) is 5.52. The summed E-state index contributed by atoms with van der Waals surface area (Å²) >= 11 is 1.82. The standard InChI is InChI=1S/C14H23N3S/c1-3-10-9-18-14(16-10)17(4-2)13-7-11-5-6-12(8-13)15-11/h9,11-13,15H,3-8H2,1-2H3. The number of aryl methyl sites for hydroxylation is 1. The molecule has 3 nitrogen and oxygen atoms in total. The first-order valence-electron chi connectivity index (χ1n) is 7.27. The van der Waals surface area contributed by atoms with Gasteiger partial charge in [-0.25, -0.2) is 4.98 Å². The molecule has 18 heavy (non-hydrogen) atoms. The number of anilines is 1. The smallest absolute Gasteiger partial charge is 0.185 e. The van der Waals surface area contributed by atoms with Gasteiger partial charge in [0.15, 0.2) is 5.13 Å². The molecule has 0 saturated carbocycles. The number of nitrogens with zero attached hydrogens (tertiary/aromatic N) is 2. The Morgan fingerprint density at radius 1 is 1.33 bits per heavy atom. The van der Waals surface area contributed by atoms with E-state index in [1.165, 1.54) is 36.5 Å². The van der Waals surface area contributed by atoms with Crippen molar-refractivity contribution in [1.82, 2.24) is 10.3 Å². The Kier molecular flexibility index (Phi) is 3.57. The Labute approximate surface area is 114 Å². The van der Waals surface area contributed by atoms with E-state index in [9.17, 15) is 0 Å². The molecule has 100 valence electrons. The van der Waals surface area contributed by atoms with E-state index in [2.05, 4.69) is 29.4 Å². The summed E-state index contributed by atoms with van der Waals surface area (Å²) in [5.41, 5.74) is 1.24. The lowest BCUT2D eigenvalue weighted by Crippen LogP contribution is -2.48. The third kappa shape index (κ3) is 2.28. The van der Waals surface area contributed by atoms with E-state index in [0.29, 0.717) is 6.04 Å². The second kappa shape index (κ2) is 5.17. The van der Waals surface area contributed by atoms with Crippen molar-refractivity contribution in [1.29, 1.82) is 0 Å². The van der Waals surface area contributed by atoms with Crippen molar-refractivity contribution in [2.24, 2.45) is 0 Å². The minimum absolute atomic E-state index is 0.699. The van der Waals surface area contributed by atoms with Crippen LogP contribution < -0.4 is 10.2 Å². The fraction of sp³-hybridized carbons (Fsp3) is 0.786. The minimum Gasteiger partial charge on any atom is -0.345 e. The monoisotopic (exact) mass is 265 g/mol. The number of thiazole rings is 1. The minimum atomic E-state index is 0.699. The molecule has 2 unspecified atom stereocenters. The van der Waals surface area contributed by atoms with E-state index >= 15 is 0 Å². The van der Waals surface area contributed by atoms with Gasteiger partial charge in [-0.2, -0.15) is 0 Å². The van der Waals surface area contributed by atoms with Gasteiger partial charge < -0.3 is 10.2 Å². The predicted molar refractivity (Wildman–Crippen MR) is 77.5 cm³/mol. The first kappa shape index (κ1) is 12.4. The van der Waals surface area contributed by atoms with Gasteiger partial charge in [0.2, 0.25) is 0 Å². The number of hydrogen-bond donors (Lipinski definition) is 1. The summed E-state index contributed by atoms with van der Waals surface area (Å²) < 4.78 is 0. The van der Waals surface area contributed by atoms with Crippen LogP contribution in [0.15, 0.2) is 5.38 Å². The third-order valence-corrected chi connectivity index (χ3v) is 5.30. The zero-order valence-electron chi connectivity index (χ0n) is 11.4. The van der Waals surface area contributed by atoms with Crippen LogP contribution in [-0.4, -0.2) is 29.7 Å². The molecule has 2 saturated heterocycles. The largest absolute Gasteiger partial charge is 0.345 e. The Morgan fingerprint density at radius 2 is 2.06 bits per heavy atom. The van der Waals surface area contributed by atoms with Gasteiger partial charge >= 0.3 is 0 Å². The fourth-order valence-corrected chi connectivity index (χ4v) is 4.47. The molecule has 1 aromatic heterocycles. The predicted octanol–water partition coefficient (Wildman–Crippen LogP) is 2.81. The molecule has 2 atom stereocenters. The summed E-state index contributed by atoms with van der Waals surface area (Å²) in [6, 6.07) is 2.21. The number of hydrogen-bond acceptors (Lipinski definition) is 4. The van der Waals surface area contributed by atoms with Crippen LogP contribution >= 0.6 is 11.3 Å². The number of nitrogens with one attached hydrogen (secondary N) is 1. The van der Waals surface area contributed by atoms with E-state index in [-0.39, 0.29) is 0 Å². The highest BCUT2D eigenvalue weighted by Gasteiger charge is 2.36. The van der Waals surface area contributed by atoms with Crippen molar-refractivity contribution in [3.63, 3.8) is 0 Å². The Hall–Kier alpha value is -0.610. The summed E-state index contributed by atoms with van der Waals surface area (Å²) in [5.74, 6) is 0. The zero-order chi connectivity index (χ0) is 12.5. The van der Waals surface area contributed by atoms with Crippen molar-refractivity contribution in [2.75, 3.05) is 11.4 Å². The van der Waals surface area contributed by atoms with Crippen molar-refractivity contribution >= 4 is 16.5 Å². The van der Waals surface area contributed by atoms with Gasteiger partial charge in [-0.15, -0.1) is 11.3 Å². The van der Waals surface area contributed by atoms with Crippen molar-refractivity contribution in [3.05, 3.63) is 11.1 Å². The molecule has 0 amide bonds. The summed E-state index contributed by atoms with van der Waals surface area (Å²) in [6.07, 6.45) is 6.38. The van der Waals surface area contributed by atoms with Crippen LogP contribution in [0.5, 0.6) is 0 Å². The Balaban J connectivity index is 1.75. The molecule has 0 aliphatic carbocycles. The molecule has 2 aliphatic heterocycles. The van der Waals surface area contributed by atoms with Crippen molar-refractivity contribution in [2.45, 2.75) is 64.1 Å². The van der Waals surface area contributed by atoms with Gasteiger partial charge in [-0.05, 0) is 39.0 Å². The van der Waals surface area contributed by atoms with Crippen LogP contribution in [-0.2, 0) is 6.42 Å². The van der Waals surface area contributed by atoms with E-state index in [4.69, 9.17) is 4.98 Å². The van der Waals surface area contributed by atoms with Crippen LogP contribution in [0.1, 0.15) is 45.2 Å². The molecule has 2 aliphatic rings. The lowest BCUT2D eigenvalue weighted by atomic mass is 9.98. The van der Waals surface area contributed by atoms with E-state index < -0.39 is 0 Å². The van der Waals surface area contributed by atoms with Crippen LogP contribution in [0.4, 0.5) is 5.13 Å². The van der Waals surface area contributed by atoms with E-state index in [1.807, 2.05) is 11.3 Å². The normalized spacial score (nSPS) is 30.7. The first-order chi connectivity index (χ1) is 8.80. The number of fused-ring (bicyclic) bond motifs is 2. The number of aromatic nitrogens is 1. The zero-order valence-corrected chi connectivity index (χ0v) is 12.2. The highest BCUT2D eigenvalue weighted by atomic mass is 32.1. The van der Waals surface area contributed by atoms with Crippen LogP contribution in [0.25, 0.3) is 0 Å². The number of rotatable bonds is 4. The van der Waals surface area contributed by atoms with Gasteiger partial charge in [-0.3, -0.25) is 0 Å². The molecule has 1 N–H and O–H groups in total. The maximum Gasteiger partial charge on any atom is 0.185 e. The fourth-order valence-electron chi connectivity index (χ4n) is 3.42. The molecule has 0 radical (unpaired) electrons. The molecule has 1 aromatic rings. The molecule has 3 heterocycles. The van der Waals surface area contributed by atoms with Gasteiger partial charge in [0.25, 0.3) is 0 Å². The van der Waals surface area contributed by atoms with E-state index in [0.717, 1.165) is 25.0 Å². The summed E-state index contributed by atoms with van der Waals surface area (Å²) in [6.45, 7) is 5.53. The Morgan fingerprint density at radius 3 is 2.61 bits per heavy atom. The van der Waals surface area contributed by atoms with Gasteiger partial charge in [-0.1, -0.05) is 6.92 Å². The average molecular weight is 265 g/mol. The SMILES string of the molecule is CCc1csc(N(CC)C2CC3CCC(C2)N3)n1.